The Labute approximate surface area is 166 Å². The van der Waals surface area contributed by atoms with E-state index in [1.165, 1.54) is 11.3 Å². The molecule has 8 nitrogen and oxygen atoms in total. The number of thiazole rings is 1. The number of hydrogen-bond donors (Lipinski definition) is 0. The van der Waals surface area contributed by atoms with Crippen LogP contribution >= 0.6 is 11.3 Å². The van der Waals surface area contributed by atoms with Crippen LogP contribution in [0.25, 0.3) is 11.4 Å². The monoisotopic (exact) mass is 399 g/mol. The van der Waals surface area contributed by atoms with Gasteiger partial charge in [-0.15, -0.1) is 11.3 Å². The second-order valence-electron chi connectivity index (χ2n) is 6.55. The van der Waals surface area contributed by atoms with Crippen LogP contribution in [0.1, 0.15) is 20.6 Å². The summed E-state index contributed by atoms with van der Waals surface area (Å²) >= 11 is 1.44. The molecule has 28 heavy (non-hydrogen) atoms. The summed E-state index contributed by atoms with van der Waals surface area (Å²) in [5, 5.41) is 4.98. The first-order chi connectivity index (χ1) is 13.6. The summed E-state index contributed by atoms with van der Waals surface area (Å²) < 4.78 is 10.6. The number of rotatable bonds is 5. The van der Waals surface area contributed by atoms with Gasteiger partial charge in [-0.25, -0.2) is 4.98 Å². The summed E-state index contributed by atoms with van der Waals surface area (Å²) in [4.78, 5) is 26.0. The standard InChI is InChI=1S/C19H21N5O3S/c1-13-20-11-16(28-13)19(25)24-9-7-23(8-10-24)12-17-21-18(22-27-17)14-3-5-15(26-2)6-4-14/h3-6,11H,7-10,12H2,1-2H3. The Kier molecular flexibility index (Phi) is 5.36. The number of hydrogen-bond acceptors (Lipinski definition) is 8. The maximum absolute atomic E-state index is 12.5. The van der Waals surface area contributed by atoms with E-state index in [0.717, 1.165) is 29.4 Å². The Morgan fingerprint density at radius 1 is 1.21 bits per heavy atom. The van der Waals surface area contributed by atoms with Gasteiger partial charge in [-0.2, -0.15) is 4.98 Å². The van der Waals surface area contributed by atoms with Crippen LogP contribution in [0.15, 0.2) is 35.0 Å². The quantitative estimate of drug-likeness (QED) is 0.651. The Bertz CT molecular complexity index is 945. The average molecular weight is 399 g/mol. The molecule has 9 heteroatoms. The average Bonchev–Trinajstić information content (AvgIpc) is 3.37. The summed E-state index contributed by atoms with van der Waals surface area (Å²) in [7, 11) is 1.63. The zero-order valence-corrected chi connectivity index (χ0v) is 16.6. The summed E-state index contributed by atoms with van der Waals surface area (Å²) in [6.07, 6.45) is 1.66. The van der Waals surface area contributed by atoms with E-state index in [2.05, 4.69) is 20.0 Å². The second-order valence-corrected chi connectivity index (χ2v) is 7.79. The highest BCUT2D eigenvalue weighted by molar-refractivity contribution is 7.13. The van der Waals surface area contributed by atoms with Crippen LogP contribution in [0.3, 0.4) is 0 Å². The summed E-state index contributed by atoms with van der Waals surface area (Å²) in [5.74, 6) is 1.98. The number of carbonyl (C=O) groups is 1. The number of benzene rings is 1. The third-order valence-electron chi connectivity index (χ3n) is 4.67. The van der Waals surface area contributed by atoms with Gasteiger partial charge in [-0.1, -0.05) is 5.16 Å². The van der Waals surface area contributed by atoms with E-state index in [1.807, 2.05) is 36.1 Å². The van der Waals surface area contributed by atoms with E-state index in [9.17, 15) is 4.79 Å². The number of aromatic nitrogens is 3. The SMILES string of the molecule is COc1ccc(-c2noc(CN3CCN(C(=O)c4cnc(C)s4)CC3)n2)cc1. The highest BCUT2D eigenvalue weighted by Crippen LogP contribution is 2.21. The number of ether oxygens (including phenoxy) is 1. The number of piperazine rings is 1. The molecule has 4 rings (SSSR count). The minimum Gasteiger partial charge on any atom is -0.497 e. The summed E-state index contributed by atoms with van der Waals surface area (Å²) in [5.41, 5.74) is 0.881. The minimum atomic E-state index is 0.0600. The van der Waals surface area contributed by atoms with Gasteiger partial charge < -0.3 is 14.2 Å². The van der Waals surface area contributed by atoms with Crippen LogP contribution in [0.4, 0.5) is 0 Å². The van der Waals surface area contributed by atoms with Gasteiger partial charge in [-0.3, -0.25) is 9.69 Å². The number of amides is 1. The zero-order chi connectivity index (χ0) is 19.5. The fourth-order valence-electron chi connectivity index (χ4n) is 3.09. The molecule has 2 aromatic heterocycles. The van der Waals surface area contributed by atoms with Crippen molar-refractivity contribution in [2.24, 2.45) is 0 Å². The third kappa shape index (κ3) is 4.05. The van der Waals surface area contributed by atoms with Crippen LogP contribution in [-0.2, 0) is 6.54 Å². The van der Waals surface area contributed by atoms with E-state index in [-0.39, 0.29) is 5.91 Å². The first-order valence-electron chi connectivity index (χ1n) is 9.03. The van der Waals surface area contributed by atoms with Gasteiger partial charge in [0.1, 0.15) is 10.6 Å². The van der Waals surface area contributed by atoms with E-state index in [4.69, 9.17) is 9.26 Å². The van der Waals surface area contributed by atoms with Crippen molar-refractivity contribution in [3.05, 3.63) is 46.2 Å². The predicted molar refractivity (Wildman–Crippen MR) is 104 cm³/mol. The molecule has 3 heterocycles. The van der Waals surface area contributed by atoms with Gasteiger partial charge in [-0.05, 0) is 31.2 Å². The fraction of sp³-hybridized carbons (Fsp3) is 0.368. The second kappa shape index (κ2) is 8.07. The van der Waals surface area contributed by atoms with Gasteiger partial charge >= 0.3 is 0 Å². The molecule has 1 saturated heterocycles. The fourth-order valence-corrected chi connectivity index (χ4v) is 3.84. The molecule has 1 aromatic carbocycles. The molecule has 0 aliphatic carbocycles. The molecule has 146 valence electrons. The van der Waals surface area contributed by atoms with Crippen LogP contribution in [0.2, 0.25) is 0 Å². The largest absolute Gasteiger partial charge is 0.497 e. The molecule has 1 aliphatic rings. The number of methoxy groups -OCH3 is 1. The lowest BCUT2D eigenvalue weighted by Gasteiger charge is -2.33. The summed E-state index contributed by atoms with van der Waals surface area (Å²) in [6, 6.07) is 7.54. The van der Waals surface area contributed by atoms with Gasteiger partial charge in [0.25, 0.3) is 5.91 Å². The molecule has 0 spiro atoms. The summed E-state index contributed by atoms with van der Waals surface area (Å²) in [6.45, 7) is 5.37. The Hall–Kier alpha value is -2.78. The molecule has 0 radical (unpaired) electrons. The smallest absolute Gasteiger partial charge is 0.265 e. The first-order valence-corrected chi connectivity index (χ1v) is 9.85. The number of aryl methyl sites for hydroxylation is 1. The van der Waals surface area contributed by atoms with E-state index in [1.54, 1.807) is 13.3 Å². The lowest BCUT2D eigenvalue weighted by molar-refractivity contribution is 0.0619. The Morgan fingerprint density at radius 3 is 2.61 bits per heavy atom. The van der Waals surface area contributed by atoms with Crippen molar-refractivity contribution in [2.45, 2.75) is 13.5 Å². The molecule has 0 bridgehead atoms. The lowest BCUT2D eigenvalue weighted by atomic mass is 10.2. The van der Waals surface area contributed by atoms with Crippen molar-refractivity contribution < 1.29 is 14.1 Å². The molecule has 0 N–H and O–H groups in total. The van der Waals surface area contributed by atoms with Gasteiger partial charge in [0.05, 0.1) is 24.9 Å². The van der Waals surface area contributed by atoms with Crippen molar-refractivity contribution in [1.82, 2.24) is 24.9 Å². The van der Waals surface area contributed by atoms with Crippen molar-refractivity contribution in [1.29, 1.82) is 0 Å². The molecule has 1 amide bonds. The van der Waals surface area contributed by atoms with Gasteiger partial charge in [0.2, 0.25) is 11.7 Å². The van der Waals surface area contributed by atoms with Gasteiger partial charge in [0.15, 0.2) is 0 Å². The van der Waals surface area contributed by atoms with E-state index >= 15 is 0 Å². The Morgan fingerprint density at radius 2 is 1.96 bits per heavy atom. The number of carbonyl (C=O) groups excluding carboxylic acids is 1. The first kappa shape index (κ1) is 18.6. The highest BCUT2D eigenvalue weighted by atomic mass is 32.1. The molecule has 1 aliphatic heterocycles. The molecule has 1 fully saturated rings. The minimum absolute atomic E-state index is 0.0600. The molecule has 0 atom stereocenters. The third-order valence-corrected chi connectivity index (χ3v) is 5.57. The van der Waals surface area contributed by atoms with E-state index in [0.29, 0.717) is 36.2 Å². The van der Waals surface area contributed by atoms with Crippen LogP contribution in [0, 0.1) is 6.92 Å². The van der Waals surface area contributed by atoms with Gasteiger partial charge in [0, 0.05) is 31.7 Å². The van der Waals surface area contributed by atoms with Crippen LogP contribution < -0.4 is 4.74 Å². The highest BCUT2D eigenvalue weighted by Gasteiger charge is 2.24. The predicted octanol–water partition coefficient (Wildman–Crippen LogP) is 2.47. The maximum atomic E-state index is 12.5. The van der Waals surface area contributed by atoms with Crippen LogP contribution in [0.5, 0.6) is 5.75 Å². The maximum Gasteiger partial charge on any atom is 0.265 e. The van der Waals surface area contributed by atoms with Crippen molar-refractivity contribution >= 4 is 17.2 Å². The Balaban J connectivity index is 1.32. The lowest BCUT2D eigenvalue weighted by Crippen LogP contribution is -2.48. The zero-order valence-electron chi connectivity index (χ0n) is 15.8. The molecule has 3 aromatic rings. The molecular formula is C19H21N5O3S. The molecular weight excluding hydrogens is 378 g/mol. The molecule has 0 unspecified atom stereocenters. The topological polar surface area (TPSA) is 84.6 Å². The van der Waals surface area contributed by atoms with Crippen molar-refractivity contribution in [3.63, 3.8) is 0 Å². The van der Waals surface area contributed by atoms with E-state index < -0.39 is 0 Å². The normalized spacial score (nSPS) is 15.0. The number of nitrogens with zero attached hydrogens (tertiary/aromatic N) is 5. The molecule has 0 saturated carbocycles. The van der Waals surface area contributed by atoms with Crippen LogP contribution in [-0.4, -0.2) is 64.1 Å². The van der Waals surface area contributed by atoms with Crippen molar-refractivity contribution in [3.8, 4) is 17.1 Å². The van der Waals surface area contributed by atoms with Crippen molar-refractivity contribution in [2.75, 3.05) is 33.3 Å².